The number of para-hydroxylation sites is 1. The van der Waals surface area contributed by atoms with Gasteiger partial charge in [-0.2, -0.15) is 0 Å². The van der Waals surface area contributed by atoms with Gasteiger partial charge in [-0.25, -0.2) is 0 Å². The first-order valence-corrected chi connectivity index (χ1v) is 5.92. The maximum absolute atomic E-state index is 5.56. The summed E-state index contributed by atoms with van der Waals surface area (Å²) in [4.78, 5) is 0. The molecule has 0 amide bonds. The fraction of sp³-hybridized carbons (Fsp3) is 0.538. The van der Waals surface area contributed by atoms with Gasteiger partial charge in [0.1, 0.15) is 0 Å². The SMILES string of the molecule is CCc1cccc2c1NCC2CCCN. The van der Waals surface area contributed by atoms with Crippen molar-refractivity contribution in [3.63, 3.8) is 0 Å². The van der Waals surface area contributed by atoms with Crippen LogP contribution in [-0.4, -0.2) is 13.1 Å². The number of aryl methyl sites for hydroxylation is 1. The number of hydrogen-bond acceptors (Lipinski definition) is 2. The van der Waals surface area contributed by atoms with Crippen LogP contribution in [0.5, 0.6) is 0 Å². The maximum Gasteiger partial charge on any atom is 0.0408 e. The Morgan fingerprint density at radius 2 is 2.33 bits per heavy atom. The molecule has 3 N–H and O–H groups in total. The van der Waals surface area contributed by atoms with Gasteiger partial charge < -0.3 is 11.1 Å². The van der Waals surface area contributed by atoms with Gasteiger partial charge >= 0.3 is 0 Å². The van der Waals surface area contributed by atoms with Gasteiger partial charge in [0.2, 0.25) is 0 Å². The Hall–Kier alpha value is -1.02. The van der Waals surface area contributed by atoms with Gasteiger partial charge in [-0.15, -0.1) is 0 Å². The average molecular weight is 204 g/mol. The van der Waals surface area contributed by atoms with Crippen molar-refractivity contribution in [3.8, 4) is 0 Å². The van der Waals surface area contributed by atoms with E-state index in [1.165, 1.54) is 23.2 Å². The van der Waals surface area contributed by atoms with Gasteiger partial charge in [0.05, 0.1) is 0 Å². The van der Waals surface area contributed by atoms with E-state index in [-0.39, 0.29) is 0 Å². The lowest BCUT2D eigenvalue weighted by molar-refractivity contribution is 0.638. The van der Waals surface area contributed by atoms with E-state index in [1.807, 2.05) is 0 Å². The first-order chi connectivity index (χ1) is 7.36. The number of rotatable bonds is 4. The molecule has 2 heteroatoms. The van der Waals surface area contributed by atoms with Gasteiger partial charge in [-0.1, -0.05) is 25.1 Å². The van der Waals surface area contributed by atoms with Gasteiger partial charge in [-0.3, -0.25) is 0 Å². The standard InChI is InChI=1S/C13H20N2/c1-2-10-5-3-7-12-11(6-4-8-14)9-15-13(10)12/h3,5,7,11,15H,2,4,6,8-9,14H2,1H3. The van der Waals surface area contributed by atoms with E-state index in [9.17, 15) is 0 Å². The Morgan fingerprint density at radius 1 is 1.47 bits per heavy atom. The monoisotopic (exact) mass is 204 g/mol. The molecule has 0 aromatic heterocycles. The molecule has 1 unspecified atom stereocenters. The summed E-state index contributed by atoms with van der Waals surface area (Å²) in [6.45, 7) is 4.11. The maximum atomic E-state index is 5.56. The van der Waals surface area contributed by atoms with Crippen molar-refractivity contribution in [2.24, 2.45) is 5.73 Å². The molecule has 1 heterocycles. The highest BCUT2D eigenvalue weighted by Gasteiger charge is 2.22. The minimum Gasteiger partial charge on any atom is -0.384 e. The zero-order valence-electron chi connectivity index (χ0n) is 9.42. The summed E-state index contributed by atoms with van der Waals surface area (Å²) in [5.41, 5.74) is 9.90. The molecule has 0 fully saturated rings. The van der Waals surface area contributed by atoms with Crippen molar-refractivity contribution >= 4 is 5.69 Å². The molecule has 82 valence electrons. The predicted molar refractivity (Wildman–Crippen MR) is 65.3 cm³/mol. The lowest BCUT2D eigenvalue weighted by atomic mass is 9.94. The van der Waals surface area contributed by atoms with Gasteiger partial charge in [0.25, 0.3) is 0 Å². The van der Waals surface area contributed by atoms with Gasteiger partial charge in [0, 0.05) is 18.2 Å². The van der Waals surface area contributed by atoms with Crippen LogP contribution in [0.4, 0.5) is 5.69 Å². The second kappa shape index (κ2) is 4.67. The van der Waals surface area contributed by atoms with Crippen LogP contribution in [0, 0.1) is 0 Å². The van der Waals surface area contributed by atoms with Crippen LogP contribution < -0.4 is 11.1 Å². The molecule has 1 aliphatic rings. The van der Waals surface area contributed by atoms with Crippen LogP contribution in [0.3, 0.4) is 0 Å². The molecule has 1 aliphatic heterocycles. The Bertz CT molecular complexity index is 333. The van der Waals surface area contributed by atoms with E-state index in [2.05, 4.69) is 30.4 Å². The molecule has 0 saturated heterocycles. The van der Waals surface area contributed by atoms with Crippen molar-refractivity contribution in [3.05, 3.63) is 29.3 Å². The summed E-state index contributed by atoms with van der Waals surface area (Å²) in [5.74, 6) is 0.676. The molecule has 0 radical (unpaired) electrons. The quantitative estimate of drug-likeness (QED) is 0.790. The molecular formula is C13H20N2. The highest BCUT2D eigenvalue weighted by molar-refractivity contribution is 5.63. The summed E-state index contributed by atoms with van der Waals surface area (Å²) in [6.07, 6.45) is 3.45. The van der Waals surface area contributed by atoms with Crippen LogP contribution >= 0.6 is 0 Å². The Kier molecular flexibility index (Phi) is 3.27. The van der Waals surface area contributed by atoms with Crippen molar-refractivity contribution in [2.75, 3.05) is 18.4 Å². The molecule has 1 atom stereocenters. The van der Waals surface area contributed by atoms with Crippen LogP contribution in [-0.2, 0) is 6.42 Å². The molecule has 0 spiro atoms. The first-order valence-electron chi connectivity index (χ1n) is 5.92. The molecule has 15 heavy (non-hydrogen) atoms. The highest BCUT2D eigenvalue weighted by Crippen LogP contribution is 2.36. The number of fused-ring (bicyclic) bond motifs is 1. The molecule has 0 aliphatic carbocycles. The number of benzene rings is 1. The molecule has 2 rings (SSSR count). The molecule has 0 bridgehead atoms. The molecule has 1 aromatic carbocycles. The summed E-state index contributed by atoms with van der Waals surface area (Å²) in [6, 6.07) is 6.66. The predicted octanol–water partition coefficient (Wildman–Crippen LogP) is 2.50. The largest absolute Gasteiger partial charge is 0.384 e. The second-order valence-electron chi connectivity index (χ2n) is 4.24. The average Bonchev–Trinajstić information content (AvgIpc) is 2.69. The number of anilines is 1. The second-order valence-corrected chi connectivity index (χ2v) is 4.24. The summed E-state index contributed by atoms with van der Waals surface area (Å²) in [5, 5.41) is 3.54. The van der Waals surface area contributed by atoms with Crippen LogP contribution in [0.15, 0.2) is 18.2 Å². The van der Waals surface area contributed by atoms with Crippen molar-refractivity contribution in [1.29, 1.82) is 0 Å². The van der Waals surface area contributed by atoms with E-state index in [1.54, 1.807) is 0 Å². The smallest absolute Gasteiger partial charge is 0.0408 e. The molecular weight excluding hydrogens is 184 g/mol. The lowest BCUT2D eigenvalue weighted by Gasteiger charge is -2.09. The zero-order valence-corrected chi connectivity index (χ0v) is 9.42. The highest BCUT2D eigenvalue weighted by atomic mass is 14.9. The Labute approximate surface area is 91.9 Å². The fourth-order valence-corrected chi connectivity index (χ4v) is 2.43. The van der Waals surface area contributed by atoms with Crippen molar-refractivity contribution in [1.82, 2.24) is 0 Å². The van der Waals surface area contributed by atoms with E-state index in [4.69, 9.17) is 5.73 Å². The third-order valence-corrected chi connectivity index (χ3v) is 3.29. The third kappa shape index (κ3) is 2.00. The van der Waals surface area contributed by atoms with E-state index in [0.717, 1.165) is 25.9 Å². The third-order valence-electron chi connectivity index (χ3n) is 3.29. The van der Waals surface area contributed by atoms with E-state index >= 15 is 0 Å². The van der Waals surface area contributed by atoms with Crippen molar-refractivity contribution < 1.29 is 0 Å². The Balaban J connectivity index is 2.19. The Morgan fingerprint density at radius 3 is 3.07 bits per heavy atom. The van der Waals surface area contributed by atoms with E-state index < -0.39 is 0 Å². The normalized spacial score (nSPS) is 18.7. The fourth-order valence-electron chi connectivity index (χ4n) is 2.43. The minimum atomic E-state index is 0.676. The molecule has 1 aromatic rings. The lowest BCUT2D eigenvalue weighted by Crippen LogP contribution is -2.06. The summed E-state index contributed by atoms with van der Waals surface area (Å²) in [7, 11) is 0. The first kappa shape index (κ1) is 10.5. The topological polar surface area (TPSA) is 38.0 Å². The van der Waals surface area contributed by atoms with Crippen LogP contribution in [0.25, 0.3) is 0 Å². The van der Waals surface area contributed by atoms with Gasteiger partial charge in [0.15, 0.2) is 0 Å². The number of hydrogen-bond donors (Lipinski definition) is 2. The zero-order chi connectivity index (χ0) is 10.7. The van der Waals surface area contributed by atoms with Crippen LogP contribution in [0.1, 0.15) is 36.8 Å². The van der Waals surface area contributed by atoms with Crippen molar-refractivity contribution in [2.45, 2.75) is 32.1 Å². The van der Waals surface area contributed by atoms with Crippen LogP contribution in [0.2, 0.25) is 0 Å². The molecule has 2 nitrogen and oxygen atoms in total. The summed E-state index contributed by atoms with van der Waals surface area (Å²) >= 11 is 0. The van der Waals surface area contributed by atoms with E-state index in [0.29, 0.717) is 5.92 Å². The number of nitrogens with one attached hydrogen (secondary N) is 1. The minimum absolute atomic E-state index is 0.676. The summed E-state index contributed by atoms with van der Waals surface area (Å²) < 4.78 is 0. The van der Waals surface area contributed by atoms with Gasteiger partial charge in [-0.05, 0) is 36.9 Å². The number of nitrogens with two attached hydrogens (primary N) is 1. The molecule has 0 saturated carbocycles.